The van der Waals surface area contributed by atoms with Gasteiger partial charge in [-0.15, -0.1) is 0 Å². The van der Waals surface area contributed by atoms with Gasteiger partial charge in [0, 0.05) is 30.9 Å². The smallest absolute Gasteiger partial charge is 0.257 e. The maximum atomic E-state index is 13.2. The molecule has 0 spiro atoms. The van der Waals surface area contributed by atoms with E-state index in [2.05, 4.69) is 46.5 Å². The molecule has 0 unspecified atom stereocenters. The summed E-state index contributed by atoms with van der Waals surface area (Å²) in [6.45, 7) is 8.93. The van der Waals surface area contributed by atoms with Crippen LogP contribution < -0.4 is 10.6 Å². The number of benzene rings is 2. The van der Waals surface area contributed by atoms with Crippen LogP contribution in [-0.2, 0) is 4.74 Å². The maximum absolute atomic E-state index is 13.2. The SMILES string of the molecule is CC[C@H](C)c1ccc(NC(=NCCN2CCOCC2)NC(=O)c2ccc(F)cc2)cc1. The van der Waals surface area contributed by atoms with Crippen LogP contribution in [0.3, 0.4) is 0 Å². The molecule has 7 heteroatoms. The van der Waals surface area contributed by atoms with Crippen LogP contribution in [-0.4, -0.2) is 56.2 Å². The fraction of sp³-hybridized carbons (Fsp3) is 0.417. The molecule has 1 amide bonds. The summed E-state index contributed by atoms with van der Waals surface area (Å²) in [6, 6.07) is 13.6. The van der Waals surface area contributed by atoms with Gasteiger partial charge in [-0.2, -0.15) is 0 Å². The van der Waals surface area contributed by atoms with Crippen LogP contribution in [0.25, 0.3) is 0 Å². The van der Waals surface area contributed by atoms with Crippen molar-refractivity contribution in [1.82, 2.24) is 10.2 Å². The summed E-state index contributed by atoms with van der Waals surface area (Å²) in [6.07, 6.45) is 1.08. The number of anilines is 1. The number of halogens is 1. The zero-order valence-electron chi connectivity index (χ0n) is 18.2. The van der Waals surface area contributed by atoms with Crippen LogP contribution in [0.1, 0.15) is 42.1 Å². The zero-order chi connectivity index (χ0) is 22.1. The first-order valence-corrected chi connectivity index (χ1v) is 10.8. The topological polar surface area (TPSA) is 66.0 Å². The van der Waals surface area contributed by atoms with Crippen LogP contribution in [0.5, 0.6) is 0 Å². The maximum Gasteiger partial charge on any atom is 0.257 e. The van der Waals surface area contributed by atoms with E-state index >= 15 is 0 Å². The zero-order valence-corrected chi connectivity index (χ0v) is 18.2. The second-order valence-electron chi connectivity index (χ2n) is 7.70. The Bertz CT molecular complexity index is 862. The lowest BCUT2D eigenvalue weighted by Crippen LogP contribution is -2.39. The lowest BCUT2D eigenvalue weighted by molar-refractivity contribution is 0.0394. The molecule has 31 heavy (non-hydrogen) atoms. The van der Waals surface area contributed by atoms with Gasteiger partial charge in [-0.1, -0.05) is 26.0 Å². The molecule has 1 saturated heterocycles. The van der Waals surface area contributed by atoms with Crippen LogP contribution in [0.4, 0.5) is 10.1 Å². The van der Waals surface area contributed by atoms with E-state index in [1.165, 1.54) is 29.8 Å². The van der Waals surface area contributed by atoms with Crippen molar-refractivity contribution >= 4 is 17.6 Å². The average molecular weight is 427 g/mol. The number of nitrogens with zero attached hydrogens (tertiary/aromatic N) is 2. The monoisotopic (exact) mass is 426 g/mol. The Morgan fingerprint density at radius 1 is 1.13 bits per heavy atom. The molecule has 0 saturated carbocycles. The number of carbonyl (C=O) groups excluding carboxylic acids is 1. The molecule has 6 nitrogen and oxygen atoms in total. The molecule has 0 radical (unpaired) electrons. The van der Waals surface area contributed by atoms with E-state index < -0.39 is 0 Å². The highest BCUT2D eigenvalue weighted by Crippen LogP contribution is 2.20. The number of hydrogen-bond acceptors (Lipinski definition) is 4. The van der Waals surface area contributed by atoms with E-state index in [4.69, 9.17) is 4.74 Å². The van der Waals surface area contributed by atoms with Crippen molar-refractivity contribution in [3.63, 3.8) is 0 Å². The van der Waals surface area contributed by atoms with Crippen LogP contribution >= 0.6 is 0 Å². The second kappa shape index (κ2) is 11.6. The van der Waals surface area contributed by atoms with Crippen molar-refractivity contribution in [2.24, 2.45) is 4.99 Å². The third-order valence-electron chi connectivity index (χ3n) is 5.48. The molecular weight excluding hydrogens is 395 g/mol. The Balaban J connectivity index is 1.68. The minimum atomic E-state index is -0.379. The van der Waals surface area contributed by atoms with Crippen molar-refractivity contribution in [1.29, 1.82) is 0 Å². The molecule has 1 aliphatic heterocycles. The number of guanidine groups is 1. The largest absolute Gasteiger partial charge is 0.379 e. The van der Waals surface area contributed by atoms with E-state index in [0.29, 0.717) is 24.0 Å². The number of ether oxygens (including phenoxy) is 1. The molecule has 2 aromatic carbocycles. The fourth-order valence-electron chi connectivity index (χ4n) is 3.29. The van der Waals surface area contributed by atoms with E-state index in [1.807, 2.05) is 12.1 Å². The van der Waals surface area contributed by atoms with Gasteiger partial charge in [-0.3, -0.25) is 20.0 Å². The summed E-state index contributed by atoms with van der Waals surface area (Å²) in [4.78, 5) is 19.5. The van der Waals surface area contributed by atoms with Crippen molar-refractivity contribution in [3.8, 4) is 0 Å². The molecule has 2 aromatic rings. The Morgan fingerprint density at radius 3 is 2.45 bits per heavy atom. The van der Waals surface area contributed by atoms with Gasteiger partial charge < -0.3 is 10.1 Å². The molecule has 1 aliphatic rings. The summed E-state index contributed by atoms with van der Waals surface area (Å²) in [5, 5.41) is 6.04. The number of amides is 1. The molecular formula is C24H31FN4O2. The summed E-state index contributed by atoms with van der Waals surface area (Å²) < 4.78 is 18.6. The molecule has 1 heterocycles. The van der Waals surface area contributed by atoms with Gasteiger partial charge in [0.15, 0.2) is 0 Å². The predicted molar refractivity (Wildman–Crippen MR) is 122 cm³/mol. The molecule has 1 atom stereocenters. The Morgan fingerprint density at radius 2 is 1.81 bits per heavy atom. The highest BCUT2D eigenvalue weighted by Gasteiger charge is 2.12. The highest BCUT2D eigenvalue weighted by atomic mass is 19.1. The molecule has 0 aliphatic carbocycles. The summed E-state index contributed by atoms with van der Waals surface area (Å²) in [7, 11) is 0. The van der Waals surface area contributed by atoms with E-state index in [0.717, 1.165) is 45.0 Å². The number of carbonyl (C=O) groups is 1. The molecule has 0 aromatic heterocycles. The summed E-state index contributed by atoms with van der Waals surface area (Å²) >= 11 is 0. The van der Waals surface area contributed by atoms with Gasteiger partial charge in [-0.05, 0) is 54.3 Å². The summed E-state index contributed by atoms with van der Waals surface area (Å²) in [5.74, 6) is 0.150. The average Bonchev–Trinajstić information content (AvgIpc) is 2.80. The lowest BCUT2D eigenvalue weighted by Gasteiger charge is -2.25. The van der Waals surface area contributed by atoms with Gasteiger partial charge in [0.25, 0.3) is 5.91 Å². The minimum Gasteiger partial charge on any atom is -0.379 e. The van der Waals surface area contributed by atoms with E-state index in [-0.39, 0.29) is 11.7 Å². The lowest BCUT2D eigenvalue weighted by atomic mass is 9.99. The molecule has 0 bridgehead atoms. The van der Waals surface area contributed by atoms with E-state index in [9.17, 15) is 9.18 Å². The van der Waals surface area contributed by atoms with Gasteiger partial charge in [0.05, 0.1) is 19.8 Å². The first-order valence-electron chi connectivity index (χ1n) is 10.8. The fourth-order valence-corrected chi connectivity index (χ4v) is 3.29. The quantitative estimate of drug-likeness (QED) is 0.521. The van der Waals surface area contributed by atoms with Crippen molar-refractivity contribution < 1.29 is 13.9 Å². The molecule has 2 N–H and O–H groups in total. The number of aliphatic imine (C=N–C) groups is 1. The van der Waals surface area contributed by atoms with Crippen molar-refractivity contribution in [2.75, 3.05) is 44.7 Å². The Kier molecular flexibility index (Phi) is 8.55. The van der Waals surface area contributed by atoms with Gasteiger partial charge in [0.1, 0.15) is 5.82 Å². The standard InChI is InChI=1S/C24H31FN4O2/c1-3-18(2)19-6-10-22(11-7-19)27-24(26-12-13-29-14-16-31-17-15-29)28-23(30)20-4-8-21(25)9-5-20/h4-11,18H,3,12-17H2,1-2H3,(H2,26,27,28,30)/t18-/m0/s1. The van der Waals surface area contributed by atoms with Crippen molar-refractivity contribution in [3.05, 3.63) is 65.5 Å². The third kappa shape index (κ3) is 7.15. The summed E-state index contributed by atoms with van der Waals surface area (Å²) in [5.41, 5.74) is 2.49. The molecule has 166 valence electrons. The Hall–Kier alpha value is -2.77. The van der Waals surface area contributed by atoms with Crippen LogP contribution in [0.15, 0.2) is 53.5 Å². The Labute approximate surface area is 183 Å². The molecule has 1 fully saturated rings. The van der Waals surface area contributed by atoms with Gasteiger partial charge >= 0.3 is 0 Å². The van der Waals surface area contributed by atoms with Gasteiger partial charge in [0.2, 0.25) is 5.96 Å². The second-order valence-corrected chi connectivity index (χ2v) is 7.70. The first kappa shape index (κ1) is 22.9. The minimum absolute atomic E-state index is 0.339. The van der Waals surface area contributed by atoms with Crippen LogP contribution in [0, 0.1) is 5.82 Å². The highest BCUT2D eigenvalue weighted by molar-refractivity contribution is 6.09. The number of rotatable bonds is 7. The van der Waals surface area contributed by atoms with E-state index in [1.54, 1.807) is 0 Å². The van der Waals surface area contributed by atoms with Crippen molar-refractivity contribution in [2.45, 2.75) is 26.2 Å². The first-order chi connectivity index (χ1) is 15.0. The normalized spacial score (nSPS) is 16.0. The third-order valence-corrected chi connectivity index (χ3v) is 5.48. The van der Waals surface area contributed by atoms with Crippen LogP contribution in [0.2, 0.25) is 0 Å². The number of morpholine rings is 1. The molecule has 3 rings (SSSR count). The number of hydrogen-bond donors (Lipinski definition) is 2. The van der Waals surface area contributed by atoms with Gasteiger partial charge in [-0.25, -0.2) is 4.39 Å². The number of nitrogens with one attached hydrogen (secondary N) is 2. The predicted octanol–water partition coefficient (Wildman–Crippen LogP) is 3.87.